The second-order valence-corrected chi connectivity index (χ2v) is 6.53. The van der Waals surface area contributed by atoms with E-state index in [9.17, 15) is 4.79 Å². The van der Waals surface area contributed by atoms with Crippen molar-refractivity contribution in [3.8, 4) is 0 Å². The third-order valence-electron chi connectivity index (χ3n) is 3.77. The molecule has 3 heterocycles. The van der Waals surface area contributed by atoms with Crippen molar-refractivity contribution in [2.24, 2.45) is 0 Å². The molecule has 1 aliphatic rings. The highest BCUT2D eigenvalue weighted by Gasteiger charge is 2.15. The summed E-state index contributed by atoms with van der Waals surface area (Å²) in [6.45, 7) is 4.10. The number of hydrogen-bond acceptors (Lipinski definition) is 5. The van der Waals surface area contributed by atoms with Crippen LogP contribution in [0.4, 0.5) is 11.5 Å². The van der Waals surface area contributed by atoms with Gasteiger partial charge in [-0.2, -0.15) is 0 Å². The molecule has 0 atom stereocenters. The quantitative estimate of drug-likeness (QED) is 0.938. The van der Waals surface area contributed by atoms with Gasteiger partial charge in [-0.3, -0.25) is 4.79 Å². The number of nitrogens with zero attached hydrogens (tertiary/aromatic N) is 3. The third kappa shape index (κ3) is 3.84. The van der Waals surface area contributed by atoms with Gasteiger partial charge in [-0.15, -0.1) is 11.3 Å². The number of pyridine rings is 1. The first-order valence-electron chi connectivity index (χ1n) is 7.42. The molecule has 116 valence electrons. The van der Waals surface area contributed by atoms with Crippen molar-refractivity contribution in [1.29, 1.82) is 0 Å². The summed E-state index contributed by atoms with van der Waals surface area (Å²) in [6, 6.07) is 7.83. The molecule has 0 aromatic carbocycles. The molecule has 1 saturated heterocycles. The lowest BCUT2D eigenvalue weighted by atomic mass is 10.3. The fourth-order valence-electron chi connectivity index (χ4n) is 2.46. The summed E-state index contributed by atoms with van der Waals surface area (Å²) >= 11 is 1.60. The molecule has 0 radical (unpaired) electrons. The first-order chi connectivity index (χ1) is 10.7. The Morgan fingerprint density at radius 1 is 1.27 bits per heavy atom. The van der Waals surface area contributed by atoms with Crippen LogP contribution in [0.15, 0.2) is 35.8 Å². The minimum absolute atomic E-state index is 0.00315. The number of hydrogen-bond donors (Lipinski definition) is 1. The van der Waals surface area contributed by atoms with E-state index >= 15 is 0 Å². The topological polar surface area (TPSA) is 48.5 Å². The second kappa shape index (κ2) is 6.89. The Hall–Kier alpha value is -1.92. The smallest absolute Gasteiger partial charge is 0.229 e. The molecule has 1 N–H and O–H groups in total. The summed E-state index contributed by atoms with van der Waals surface area (Å²) in [5.41, 5.74) is 0.749. The van der Waals surface area contributed by atoms with Crippen LogP contribution in [0.3, 0.4) is 0 Å². The SMILES string of the molecule is CN1CCN(c2ccc(NC(=O)Cc3cccs3)cn2)CC1. The van der Waals surface area contributed by atoms with E-state index < -0.39 is 0 Å². The Kier molecular flexibility index (Phi) is 4.70. The van der Waals surface area contributed by atoms with Crippen molar-refractivity contribution in [3.63, 3.8) is 0 Å². The number of nitrogens with one attached hydrogen (secondary N) is 1. The maximum absolute atomic E-state index is 12.0. The highest BCUT2D eigenvalue weighted by Crippen LogP contribution is 2.16. The third-order valence-corrected chi connectivity index (χ3v) is 4.65. The largest absolute Gasteiger partial charge is 0.354 e. The van der Waals surface area contributed by atoms with Gasteiger partial charge in [-0.05, 0) is 30.6 Å². The molecule has 2 aromatic heterocycles. The van der Waals surface area contributed by atoms with Crippen LogP contribution in [0.5, 0.6) is 0 Å². The molecule has 3 rings (SSSR count). The van der Waals surface area contributed by atoms with Crippen LogP contribution in [0, 0.1) is 0 Å². The molecule has 0 spiro atoms. The molecule has 2 aromatic rings. The molecule has 5 nitrogen and oxygen atoms in total. The van der Waals surface area contributed by atoms with Crippen molar-refractivity contribution >= 4 is 28.7 Å². The van der Waals surface area contributed by atoms with Crippen LogP contribution in [0.25, 0.3) is 0 Å². The van der Waals surface area contributed by atoms with Crippen LogP contribution in [-0.2, 0) is 11.2 Å². The molecule has 0 aliphatic carbocycles. The van der Waals surface area contributed by atoms with E-state index in [1.807, 2.05) is 29.6 Å². The first-order valence-corrected chi connectivity index (χ1v) is 8.30. The average molecular weight is 316 g/mol. The number of piperazine rings is 1. The summed E-state index contributed by atoms with van der Waals surface area (Å²) in [4.78, 5) is 22.1. The average Bonchev–Trinajstić information content (AvgIpc) is 3.02. The predicted molar refractivity (Wildman–Crippen MR) is 90.6 cm³/mol. The fourth-order valence-corrected chi connectivity index (χ4v) is 3.16. The van der Waals surface area contributed by atoms with Gasteiger partial charge in [-0.1, -0.05) is 6.07 Å². The normalized spacial score (nSPS) is 15.8. The number of thiophene rings is 1. The van der Waals surface area contributed by atoms with Gasteiger partial charge >= 0.3 is 0 Å². The van der Waals surface area contributed by atoms with E-state index in [1.165, 1.54) is 0 Å². The van der Waals surface area contributed by atoms with Gasteiger partial charge in [0.05, 0.1) is 18.3 Å². The van der Waals surface area contributed by atoms with Crippen molar-refractivity contribution in [2.45, 2.75) is 6.42 Å². The minimum Gasteiger partial charge on any atom is -0.354 e. The second-order valence-electron chi connectivity index (χ2n) is 5.50. The summed E-state index contributed by atoms with van der Waals surface area (Å²) in [5.74, 6) is 0.973. The molecule has 22 heavy (non-hydrogen) atoms. The Morgan fingerprint density at radius 3 is 2.73 bits per heavy atom. The van der Waals surface area contributed by atoms with Crippen LogP contribution in [-0.4, -0.2) is 49.0 Å². The highest BCUT2D eigenvalue weighted by molar-refractivity contribution is 7.10. The van der Waals surface area contributed by atoms with E-state index in [4.69, 9.17) is 0 Å². The summed E-state index contributed by atoms with van der Waals surface area (Å²) in [6.07, 6.45) is 2.15. The number of anilines is 2. The zero-order chi connectivity index (χ0) is 15.4. The summed E-state index contributed by atoms with van der Waals surface area (Å²) < 4.78 is 0. The van der Waals surface area contributed by atoms with Crippen molar-refractivity contribution < 1.29 is 4.79 Å². The molecule has 6 heteroatoms. The maximum atomic E-state index is 12.0. The standard InChI is InChI=1S/C16H20N4OS/c1-19-6-8-20(9-7-19)15-5-4-13(12-17-15)18-16(21)11-14-3-2-10-22-14/h2-5,10,12H,6-9,11H2,1H3,(H,18,21). The lowest BCUT2D eigenvalue weighted by Crippen LogP contribution is -2.44. The molecule has 1 aliphatic heterocycles. The van der Waals surface area contributed by atoms with Gasteiger partial charge in [0.25, 0.3) is 0 Å². The van der Waals surface area contributed by atoms with E-state index in [0.29, 0.717) is 6.42 Å². The number of carbonyl (C=O) groups excluding carboxylic acids is 1. The van der Waals surface area contributed by atoms with E-state index in [0.717, 1.165) is 42.6 Å². The van der Waals surface area contributed by atoms with Crippen molar-refractivity contribution in [3.05, 3.63) is 40.7 Å². The van der Waals surface area contributed by atoms with Gasteiger partial charge in [0, 0.05) is 31.1 Å². The Morgan fingerprint density at radius 2 is 2.09 bits per heavy atom. The van der Waals surface area contributed by atoms with Crippen molar-refractivity contribution in [1.82, 2.24) is 9.88 Å². The van der Waals surface area contributed by atoms with E-state index in [2.05, 4.69) is 27.1 Å². The van der Waals surface area contributed by atoms with Crippen LogP contribution in [0.1, 0.15) is 4.88 Å². The number of amides is 1. The summed E-state index contributed by atoms with van der Waals surface area (Å²) in [5, 5.41) is 4.88. The van der Waals surface area contributed by atoms with Crippen LogP contribution in [0.2, 0.25) is 0 Å². The Balaban J connectivity index is 1.56. The van der Waals surface area contributed by atoms with E-state index in [1.54, 1.807) is 17.5 Å². The maximum Gasteiger partial charge on any atom is 0.229 e. The molecule has 0 saturated carbocycles. The number of carbonyl (C=O) groups is 1. The minimum atomic E-state index is -0.00315. The number of rotatable bonds is 4. The molecule has 1 fully saturated rings. The highest BCUT2D eigenvalue weighted by atomic mass is 32.1. The monoisotopic (exact) mass is 316 g/mol. The van der Waals surface area contributed by atoms with Crippen LogP contribution < -0.4 is 10.2 Å². The zero-order valence-corrected chi connectivity index (χ0v) is 13.5. The Labute approximate surface area is 134 Å². The molecule has 0 bridgehead atoms. The number of likely N-dealkylation sites (N-methyl/N-ethyl adjacent to an activating group) is 1. The van der Waals surface area contributed by atoms with Gasteiger partial charge in [0.1, 0.15) is 5.82 Å². The summed E-state index contributed by atoms with van der Waals surface area (Å²) in [7, 11) is 2.14. The first kappa shape index (κ1) is 15.0. The Bertz CT molecular complexity index is 604. The molecule has 1 amide bonds. The fraction of sp³-hybridized carbons (Fsp3) is 0.375. The molecular formula is C16H20N4OS. The lowest BCUT2D eigenvalue weighted by Gasteiger charge is -2.33. The zero-order valence-electron chi connectivity index (χ0n) is 12.7. The van der Waals surface area contributed by atoms with Gasteiger partial charge in [0.2, 0.25) is 5.91 Å². The number of aromatic nitrogens is 1. The van der Waals surface area contributed by atoms with Gasteiger partial charge in [0.15, 0.2) is 0 Å². The van der Waals surface area contributed by atoms with E-state index in [-0.39, 0.29) is 5.91 Å². The lowest BCUT2D eigenvalue weighted by molar-refractivity contribution is -0.115. The predicted octanol–water partition coefficient (Wildman–Crippen LogP) is 2.08. The van der Waals surface area contributed by atoms with Crippen molar-refractivity contribution in [2.75, 3.05) is 43.4 Å². The molecular weight excluding hydrogens is 296 g/mol. The van der Waals surface area contributed by atoms with Crippen LogP contribution >= 0.6 is 11.3 Å². The van der Waals surface area contributed by atoms with Gasteiger partial charge < -0.3 is 15.1 Å². The molecule has 0 unspecified atom stereocenters. The van der Waals surface area contributed by atoms with Gasteiger partial charge in [-0.25, -0.2) is 4.98 Å².